The summed E-state index contributed by atoms with van der Waals surface area (Å²) in [6.45, 7) is 4.48. The van der Waals surface area contributed by atoms with E-state index in [1.807, 2.05) is 20.2 Å². The van der Waals surface area contributed by atoms with Crippen molar-refractivity contribution in [3.05, 3.63) is 48.2 Å². The third-order valence-electron chi connectivity index (χ3n) is 6.55. The average molecular weight is 507 g/mol. The number of nitrogens with zero attached hydrogens (tertiary/aromatic N) is 6. The van der Waals surface area contributed by atoms with E-state index in [1.54, 1.807) is 52.8 Å². The Balaban J connectivity index is 1.72. The number of hydrogen-bond acceptors (Lipinski definition) is 8. The van der Waals surface area contributed by atoms with E-state index in [1.165, 1.54) is 6.20 Å². The van der Waals surface area contributed by atoms with Gasteiger partial charge in [-0.25, -0.2) is 9.78 Å². The summed E-state index contributed by atoms with van der Waals surface area (Å²) in [6, 6.07) is 3.31. The topological polar surface area (TPSA) is 118 Å². The van der Waals surface area contributed by atoms with Gasteiger partial charge in [0.1, 0.15) is 11.2 Å². The third-order valence-corrected chi connectivity index (χ3v) is 6.55. The van der Waals surface area contributed by atoms with Gasteiger partial charge >= 0.3 is 6.09 Å². The highest BCUT2D eigenvalue weighted by Crippen LogP contribution is 2.39. The van der Waals surface area contributed by atoms with Crippen LogP contribution in [0.2, 0.25) is 0 Å². The van der Waals surface area contributed by atoms with Gasteiger partial charge in [-0.3, -0.25) is 19.1 Å². The molecule has 194 valence electrons. The van der Waals surface area contributed by atoms with Crippen molar-refractivity contribution < 1.29 is 23.5 Å². The number of pyridine rings is 1. The molecule has 0 radical (unpaired) electrons. The number of ether oxygens (including phenoxy) is 2. The van der Waals surface area contributed by atoms with Crippen LogP contribution in [0.4, 0.5) is 10.5 Å². The number of fused-ring (bicyclic) bond motifs is 1. The molecule has 0 saturated carbocycles. The van der Waals surface area contributed by atoms with Crippen molar-refractivity contribution in [2.24, 2.45) is 14.1 Å². The van der Waals surface area contributed by atoms with Crippen LogP contribution < -0.4 is 4.90 Å². The van der Waals surface area contributed by atoms with E-state index in [9.17, 15) is 9.59 Å². The van der Waals surface area contributed by atoms with E-state index in [0.29, 0.717) is 47.5 Å². The lowest BCUT2D eigenvalue weighted by molar-refractivity contribution is 0.00467. The molecule has 37 heavy (non-hydrogen) atoms. The maximum atomic E-state index is 13.7. The standard InChI is InChI=1S/C26H30N6O5/c1-5-19-11-18(9-10-36-19)32(26(34)35-6-2)23-22-21(8-7-20(29-22)16-12-27-30(3)14-16)37-25(23)24(33)17-13-28-31(4)15-17/h7-8,12-15,18-19H,5-6,9-11H2,1-4H3/t18-,19-/m1/s1. The fraction of sp³-hybridized carbons (Fsp3) is 0.423. The Bertz CT molecular complexity index is 1440. The third kappa shape index (κ3) is 4.74. The van der Waals surface area contributed by atoms with Gasteiger partial charge in [-0.2, -0.15) is 10.2 Å². The molecule has 0 aliphatic carbocycles. The monoisotopic (exact) mass is 506 g/mol. The molecular weight excluding hydrogens is 476 g/mol. The van der Waals surface area contributed by atoms with Gasteiger partial charge in [-0.15, -0.1) is 0 Å². The first kappa shape index (κ1) is 24.7. The van der Waals surface area contributed by atoms with E-state index in [2.05, 4.69) is 10.2 Å². The van der Waals surface area contributed by atoms with Crippen LogP contribution in [-0.2, 0) is 23.6 Å². The molecular formula is C26H30N6O5. The molecule has 11 nitrogen and oxygen atoms in total. The lowest BCUT2D eigenvalue weighted by Gasteiger charge is -2.36. The smallest absolute Gasteiger partial charge is 0.414 e. The quantitative estimate of drug-likeness (QED) is 0.344. The number of furan rings is 1. The van der Waals surface area contributed by atoms with Crippen molar-refractivity contribution in [2.75, 3.05) is 18.1 Å². The summed E-state index contributed by atoms with van der Waals surface area (Å²) in [7, 11) is 3.56. The Morgan fingerprint density at radius 3 is 2.59 bits per heavy atom. The lowest BCUT2D eigenvalue weighted by atomic mass is 9.99. The van der Waals surface area contributed by atoms with Gasteiger partial charge in [-0.05, 0) is 38.3 Å². The Labute approximate surface area is 214 Å². The maximum absolute atomic E-state index is 13.7. The average Bonchev–Trinajstić information content (AvgIpc) is 3.62. The highest BCUT2D eigenvalue weighted by molar-refractivity contribution is 6.16. The van der Waals surface area contributed by atoms with Crippen LogP contribution in [0.5, 0.6) is 0 Å². The molecule has 1 fully saturated rings. The molecule has 0 unspecified atom stereocenters. The van der Waals surface area contributed by atoms with E-state index >= 15 is 0 Å². The van der Waals surface area contributed by atoms with Crippen LogP contribution in [0.15, 0.2) is 41.3 Å². The number of aromatic nitrogens is 5. The first-order valence-corrected chi connectivity index (χ1v) is 12.4. The van der Waals surface area contributed by atoms with Crippen molar-refractivity contribution in [3.8, 4) is 11.3 Å². The predicted octanol–water partition coefficient (Wildman–Crippen LogP) is 4.11. The number of ketones is 1. The Kier molecular flexibility index (Phi) is 6.79. The molecule has 0 N–H and O–H groups in total. The molecule has 11 heteroatoms. The van der Waals surface area contributed by atoms with Gasteiger partial charge in [-0.1, -0.05) is 6.92 Å². The summed E-state index contributed by atoms with van der Waals surface area (Å²) in [5, 5.41) is 8.37. The zero-order valence-corrected chi connectivity index (χ0v) is 21.4. The number of amides is 1. The van der Waals surface area contributed by atoms with E-state index in [-0.39, 0.29) is 24.5 Å². The van der Waals surface area contributed by atoms with Gasteiger partial charge in [0.05, 0.1) is 36.4 Å². The first-order valence-electron chi connectivity index (χ1n) is 12.4. The zero-order chi connectivity index (χ0) is 26.1. The van der Waals surface area contributed by atoms with Gasteiger partial charge in [0.15, 0.2) is 5.58 Å². The van der Waals surface area contributed by atoms with Gasteiger partial charge in [0.2, 0.25) is 11.5 Å². The highest BCUT2D eigenvalue weighted by atomic mass is 16.6. The molecule has 1 saturated heterocycles. The normalized spacial score (nSPS) is 17.7. The van der Waals surface area contributed by atoms with Crippen LogP contribution in [0.3, 0.4) is 0 Å². The van der Waals surface area contributed by atoms with Crippen LogP contribution in [0, 0.1) is 0 Å². The van der Waals surface area contributed by atoms with Crippen molar-refractivity contribution in [1.82, 2.24) is 24.5 Å². The number of aryl methyl sites for hydroxylation is 2. The summed E-state index contributed by atoms with van der Waals surface area (Å²) in [4.78, 5) is 33.6. The molecule has 0 spiro atoms. The predicted molar refractivity (Wildman–Crippen MR) is 135 cm³/mol. The van der Waals surface area contributed by atoms with Crippen molar-refractivity contribution >= 4 is 28.7 Å². The van der Waals surface area contributed by atoms with Crippen LogP contribution in [0.1, 0.15) is 49.2 Å². The number of carbonyl (C=O) groups excluding carboxylic acids is 2. The zero-order valence-electron chi connectivity index (χ0n) is 21.4. The Hall–Kier alpha value is -3.99. The van der Waals surface area contributed by atoms with E-state index in [0.717, 1.165) is 12.0 Å². The minimum atomic E-state index is -0.555. The van der Waals surface area contributed by atoms with Crippen molar-refractivity contribution in [3.63, 3.8) is 0 Å². The van der Waals surface area contributed by atoms with Gasteiger partial charge < -0.3 is 13.9 Å². The number of anilines is 1. The lowest BCUT2D eigenvalue weighted by Crippen LogP contribution is -2.46. The van der Waals surface area contributed by atoms with Crippen LogP contribution >= 0.6 is 0 Å². The summed E-state index contributed by atoms with van der Waals surface area (Å²) in [5.74, 6) is -0.371. The molecule has 4 aromatic rings. The second-order valence-electron chi connectivity index (χ2n) is 9.11. The number of hydrogen-bond donors (Lipinski definition) is 0. The minimum Gasteiger partial charge on any atom is -0.449 e. The van der Waals surface area contributed by atoms with Crippen LogP contribution in [-0.4, -0.2) is 61.8 Å². The molecule has 1 aliphatic rings. The molecule has 0 bridgehead atoms. The Morgan fingerprint density at radius 1 is 1.14 bits per heavy atom. The number of carbonyl (C=O) groups is 2. The van der Waals surface area contributed by atoms with Gasteiger partial charge in [0, 0.05) is 44.7 Å². The molecule has 5 heterocycles. The minimum absolute atomic E-state index is 0.00905. The molecule has 5 rings (SSSR count). The number of rotatable bonds is 7. The van der Waals surface area contributed by atoms with Gasteiger partial charge in [0.25, 0.3) is 0 Å². The fourth-order valence-corrected chi connectivity index (χ4v) is 4.72. The fourth-order valence-electron chi connectivity index (χ4n) is 4.72. The second-order valence-corrected chi connectivity index (χ2v) is 9.11. The summed E-state index contributed by atoms with van der Waals surface area (Å²) in [5.41, 5.74) is 2.89. The molecule has 4 aromatic heterocycles. The van der Waals surface area contributed by atoms with E-state index in [4.69, 9.17) is 18.9 Å². The SMILES string of the molecule is CCOC(=O)N(c1c(C(=O)c2cnn(C)c2)oc2ccc(-c3cnn(C)c3)nc12)[C@@H]1CCO[C@H](CC)C1. The summed E-state index contributed by atoms with van der Waals surface area (Å²) in [6.07, 6.45) is 8.09. The molecule has 1 aliphatic heterocycles. The second kappa shape index (κ2) is 10.2. The first-order chi connectivity index (χ1) is 17.9. The maximum Gasteiger partial charge on any atom is 0.414 e. The molecule has 1 amide bonds. The largest absolute Gasteiger partial charge is 0.449 e. The highest BCUT2D eigenvalue weighted by Gasteiger charge is 2.38. The summed E-state index contributed by atoms with van der Waals surface area (Å²) >= 11 is 0. The molecule has 0 aromatic carbocycles. The van der Waals surface area contributed by atoms with Crippen molar-refractivity contribution in [2.45, 2.75) is 45.3 Å². The van der Waals surface area contributed by atoms with Crippen molar-refractivity contribution in [1.29, 1.82) is 0 Å². The summed E-state index contributed by atoms with van der Waals surface area (Å²) < 4.78 is 20.7. The Morgan fingerprint density at radius 2 is 1.92 bits per heavy atom. The van der Waals surface area contributed by atoms with Crippen LogP contribution in [0.25, 0.3) is 22.4 Å². The molecule has 2 atom stereocenters. The van der Waals surface area contributed by atoms with E-state index < -0.39 is 11.9 Å².